The molecule has 20 heavy (non-hydrogen) atoms. The lowest BCUT2D eigenvalue weighted by molar-refractivity contribution is -0.141. The van der Waals surface area contributed by atoms with Crippen LogP contribution in [0, 0.1) is 5.92 Å². The van der Waals surface area contributed by atoms with Crippen molar-refractivity contribution in [3.05, 3.63) is 22.4 Å². The molecule has 0 aromatic carbocycles. The maximum Gasteiger partial charge on any atom is 0.308 e. The fourth-order valence-corrected chi connectivity index (χ4v) is 2.38. The minimum absolute atomic E-state index is 0.115. The topological polar surface area (TPSA) is 66.8 Å². The number of carboxylic acid groups (broad SMARTS) is 1. The van der Waals surface area contributed by atoms with E-state index in [1.807, 2.05) is 12.3 Å². The molecule has 1 atom stereocenters. The van der Waals surface area contributed by atoms with Crippen LogP contribution in [0.4, 0.5) is 0 Å². The van der Waals surface area contributed by atoms with Gasteiger partial charge < -0.3 is 14.7 Å². The Kier molecular flexibility index (Phi) is 7.25. The minimum atomic E-state index is -0.891. The SMILES string of the molecule is CCOCCCN(CC(C)C(=O)O)C(=O)c1ccsc1. The molecule has 1 rings (SSSR count). The third-order valence-electron chi connectivity index (χ3n) is 2.89. The predicted octanol–water partition coefficient (Wildman–Crippen LogP) is 2.34. The number of hydrogen-bond donors (Lipinski definition) is 1. The van der Waals surface area contributed by atoms with Crippen LogP contribution in [0.5, 0.6) is 0 Å². The van der Waals surface area contributed by atoms with E-state index in [1.54, 1.807) is 23.3 Å². The molecule has 1 aromatic heterocycles. The molecule has 0 saturated carbocycles. The Balaban J connectivity index is 2.63. The number of thiophene rings is 1. The fraction of sp³-hybridized carbons (Fsp3) is 0.571. The summed E-state index contributed by atoms with van der Waals surface area (Å²) >= 11 is 1.45. The van der Waals surface area contributed by atoms with E-state index in [0.717, 1.165) is 0 Å². The van der Waals surface area contributed by atoms with Crippen LogP contribution in [0.15, 0.2) is 16.8 Å². The lowest BCUT2D eigenvalue weighted by atomic mass is 10.1. The molecule has 1 heterocycles. The normalized spacial score (nSPS) is 12.1. The molecule has 1 N–H and O–H groups in total. The maximum atomic E-state index is 12.3. The zero-order chi connectivity index (χ0) is 15.0. The van der Waals surface area contributed by atoms with Crippen LogP contribution in [0.25, 0.3) is 0 Å². The van der Waals surface area contributed by atoms with Gasteiger partial charge in [-0.25, -0.2) is 0 Å². The molecule has 0 saturated heterocycles. The first-order valence-corrected chi connectivity index (χ1v) is 7.62. The fourth-order valence-electron chi connectivity index (χ4n) is 1.75. The molecule has 6 heteroatoms. The van der Waals surface area contributed by atoms with Crippen LogP contribution in [-0.2, 0) is 9.53 Å². The van der Waals surface area contributed by atoms with Crippen molar-refractivity contribution in [2.24, 2.45) is 5.92 Å². The summed E-state index contributed by atoms with van der Waals surface area (Å²) in [5, 5.41) is 12.6. The summed E-state index contributed by atoms with van der Waals surface area (Å²) in [5.41, 5.74) is 0.615. The first-order chi connectivity index (χ1) is 9.56. The van der Waals surface area contributed by atoms with Crippen LogP contribution in [-0.4, -0.2) is 48.2 Å². The monoisotopic (exact) mass is 299 g/mol. The highest BCUT2D eigenvalue weighted by atomic mass is 32.1. The van der Waals surface area contributed by atoms with Gasteiger partial charge in [-0.1, -0.05) is 6.92 Å². The number of aliphatic carboxylic acids is 1. The molecule has 0 radical (unpaired) electrons. The lowest BCUT2D eigenvalue weighted by Crippen LogP contribution is -2.37. The quantitative estimate of drug-likeness (QED) is 0.711. The van der Waals surface area contributed by atoms with Gasteiger partial charge >= 0.3 is 5.97 Å². The molecule has 5 nitrogen and oxygen atoms in total. The first kappa shape index (κ1) is 16.7. The lowest BCUT2D eigenvalue weighted by Gasteiger charge is -2.24. The number of ether oxygens (including phenoxy) is 1. The van der Waals surface area contributed by atoms with Crippen molar-refractivity contribution in [3.63, 3.8) is 0 Å². The Labute approximate surface area is 123 Å². The van der Waals surface area contributed by atoms with Gasteiger partial charge in [-0.15, -0.1) is 0 Å². The van der Waals surface area contributed by atoms with Crippen molar-refractivity contribution in [2.45, 2.75) is 20.3 Å². The Bertz CT molecular complexity index is 419. The maximum absolute atomic E-state index is 12.3. The largest absolute Gasteiger partial charge is 0.481 e. The molecule has 1 unspecified atom stereocenters. The van der Waals surface area contributed by atoms with Crippen LogP contribution < -0.4 is 0 Å². The summed E-state index contributed by atoms with van der Waals surface area (Å²) in [6.07, 6.45) is 0.704. The Morgan fingerprint density at radius 3 is 2.80 bits per heavy atom. The Morgan fingerprint density at radius 2 is 2.25 bits per heavy atom. The molecular formula is C14H21NO4S. The third kappa shape index (κ3) is 5.30. The van der Waals surface area contributed by atoms with Crippen LogP contribution in [0.2, 0.25) is 0 Å². The highest BCUT2D eigenvalue weighted by Crippen LogP contribution is 2.12. The van der Waals surface area contributed by atoms with Crippen molar-refractivity contribution in [1.82, 2.24) is 4.90 Å². The molecule has 0 spiro atoms. The molecule has 1 aromatic rings. The second kappa shape index (κ2) is 8.71. The van der Waals surface area contributed by atoms with Crippen LogP contribution in [0.3, 0.4) is 0 Å². The molecular weight excluding hydrogens is 278 g/mol. The summed E-state index contributed by atoms with van der Waals surface area (Å²) in [4.78, 5) is 24.9. The molecule has 0 bridgehead atoms. The van der Waals surface area contributed by atoms with E-state index < -0.39 is 11.9 Å². The van der Waals surface area contributed by atoms with Gasteiger partial charge in [-0.3, -0.25) is 9.59 Å². The zero-order valence-electron chi connectivity index (χ0n) is 11.9. The number of carbonyl (C=O) groups is 2. The summed E-state index contributed by atoms with van der Waals surface area (Å²) in [7, 11) is 0. The van der Waals surface area contributed by atoms with Gasteiger partial charge in [0, 0.05) is 31.7 Å². The number of carbonyl (C=O) groups excluding carboxylic acids is 1. The second-order valence-electron chi connectivity index (χ2n) is 4.55. The molecule has 0 fully saturated rings. The molecule has 1 amide bonds. The van der Waals surface area contributed by atoms with Gasteiger partial charge in [0.25, 0.3) is 5.91 Å². The summed E-state index contributed by atoms with van der Waals surface area (Å²) < 4.78 is 5.25. The average molecular weight is 299 g/mol. The van der Waals surface area contributed by atoms with E-state index in [1.165, 1.54) is 11.3 Å². The van der Waals surface area contributed by atoms with Crippen LogP contribution in [0.1, 0.15) is 30.6 Å². The van der Waals surface area contributed by atoms with E-state index in [-0.39, 0.29) is 12.5 Å². The standard InChI is InChI=1S/C14H21NO4S/c1-3-19-7-4-6-15(9-11(2)14(17)18)13(16)12-5-8-20-10-12/h5,8,10-11H,3-4,6-7,9H2,1-2H3,(H,17,18). The molecule has 0 aliphatic rings. The molecule has 0 aliphatic heterocycles. The zero-order valence-corrected chi connectivity index (χ0v) is 12.7. The molecule has 112 valence electrons. The van der Waals surface area contributed by atoms with Crippen molar-refractivity contribution < 1.29 is 19.4 Å². The number of amides is 1. The minimum Gasteiger partial charge on any atom is -0.481 e. The number of hydrogen-bond acceptors (Lipinski definition) is 4. The highest BCUT2D eigenvalue weighted by Gasteiger charge is 2.21. The van der Waals surface area contributed by atoms with E-state index in [9.17, 15) is 9.59 Å². The van der Waals surface area contributed by atoms with E-state index in [4.69, 9.17) is 9.84 Å². The van der Waals surface area contributed by atoms with Gasteiger partial charge in [-0.05, 0) is 24.8 Å². The highest BCUT2D eigenvalue weighted by molar-refractivity contribution is 7.08. The summed E-state index contributed by atoms with van der Waals surface area (Å²) in [6.45, 7) is 5.47. The van der Waals surface area contributed by atoms with Crippen LogP contribution >= 0.6 is 11.3 Å². The Morgan fingerprint density at radius 1 is 1.50 bits per heavy atom. The molecule has 0 aliphatic carbocycles. The average Bonchev–Trinajstić information content (AvgIpc) is 2.95. The summed E-state index contributed by atoms with van der Waals surface area (Å²) in [6, 6.07) is 1.76. The summed E-state index contributed by atoms with van der Waals surface area (Å²) in [5.74, 6) is -1.58. The third-order valence-corrected chi connectivity index (χ3v) is 3.58. The van der Waals surface area contributed by atoms with Gasteiger partial charge in [0.05, 0.1) is 11.5 Å². The van der Waals surface area contributed by atoms with Gasteiger partial charge in [0.15, 0.2) is 0 Å². The van der Waals surface area contributed by atoms with E-state index in [0.29, 0.717) is 31.7 Å². The second-order valence-corrected chi connectivity index (χ2v) is 5.33. The van der Waals surface area contributed by atoms with Gasteiger partial charge in [0.2, 0.25) is 0 Å². The van der Waals surface area contributed by atoms with Gasteiger partial charge in [-0.2, -0.15) is 11.3 Å². The van der Waals surface area contributed by atoms with Crippen molar-refractivity contribution >= 4 is 23.2 Å². The van der Waals surface area contributed by atoms with E-state index >= 15 is 0 Å². The first-order valence-electron chi connectivity index (χ1n) is 6.68. The Hall–Kier alpha value is -1.40. The smallest absolute Gasteiger partial charge is 0.308 e. The number of rotatable bonds is 9. The number of nitrogens with zero attached hydrogens (tertiary/aromatic N) is 1. The van der Waals surface area contributed by atoms with Crippen molar-refractivity contribution in [1.29, 1.82) is 0 Å². The van der Waals surface area contributed by atoms with Crippen molar-refractivity contribution in [3.8, 4) is 0 Å². The van der Waals surface area contributed by atoms with E-state index in [2.05, 4.69) is 0 Å². The van der Waals surface area contributed by atoms with Crippen molar-refractivity contribution in [2.75, 3.05) is 26.3 Å². The van der Waals surface area contributed by atoms with Gasteiger partial charge in [0.1, 0.15) is 0 Å². The predicted molar refractivity (Wildman–Crippen MR) is 78.1 cm³/mol. The number of carboxylic acids is 1.